The monoisotopic (exact) mass is 186 g/mol. The molecule has 0 aromatic rings. The van der Waals surface area contributed by atoms with Crippen LogP contribution in [0.3, 0.4) is 0 Å². The third kappa shape index (κ3) is 3.46. The van der Waals surface area contributed by atoms with Crippen LogP contribution < -0.4 is 0 Å². The molecule has 0 fully saturated rings. The van der Waals surface area contributed by atoms with E-state index in [2.05, 4.69) is 6.92 Å². The molecule has 0 bridgehead atoms. The summed E-state index contributed by atoms with van der Waals surface area (Å²) in [6.07, 6.45) is 3.29. The first kappa shape index (κ1) is 10.7. The van der Waals surface area contributed by atoms with Crippen LogP contribution in [-0.4, -0.2) is 35.6 Å². The molecule has 0 aromatic carbocycles. The number of hydrogen-bond acceptors (Lipinski definition) is 3. The molecule has 0 saturated carbocycles. The number of rotatable bonds is 5. The van der Waals surface area contributed by atoms with Gasteiger partial charge in [0.15, 0.2) is 0 Å². The average molecular weight is 186 g/mol. The van der Waals surface area contributed by atoms with Crippen molar-refractivity contribution in [3.63, 3.8) is 0 Å². The fourth-order valence-corrected chi connectivity index (χ4v) is 1.39. The van der Waals surface area contributed by atoms with E-state index in [1.807, 2.05) is 0 Å². The lowest BCUT2D eigenvalue weighted by Gasteiger charge is -2.08. The van der Waals surface area contributed by atoms with Gasteiger partial charge in [0.1, 0.15) is 0 Å². The van der Waals surface area contributed by atoms with Gasteiger partial charge in [-0.05, 0) is 12.0 Å². The zero-order valence-corrected chi connectivity index (χ0v) is 8.07. The first-order valence-corrected chi connectivity index (χ1v) is 4.88. The molecule has 13 heavy (non-hydrogen) atoms. The highest BCUT2D eigenvalue weighted by Crippen LogP contribution is 2.19. The molecule has 76 valence electrons. The van der Waals surface area contributed by atoms with Crippen molar-refractivity contribution in [3.05, 3.63) is 11.6 Å². The Kier molecular flexibility index (Phi) is 4.42. The Morgan fingerprint density at radius 1 is 1.54 bits per heavy atom. The van der Waals surface area contributed by atoms with Crippen molar-refractivity contribution in [2.24, 2.45) is 0 Å². The maximum absolute atomic E-state index is 9.41. The molecule has 3 heteroatoms. The largest absolute Gasteiger partial charge is 0.389 e. The molecule has 0 radical (unpaired) electrons. The zero-order valence-electron chi connectivity index (χ0n) is 8.07. The van der Waals surface area contributed by atoms with E-state index < -0.39 is 12.2 Å². The minimum Gasteiger partial charge on any atom is -0.389 e. The van der Waals surface area contributed by atoms with Crippen LogP contribution >= 0.6 is 0 Å². The summed E-state index contributed by atoms with van der Waals surface area (Å²) in [5, 5.41) is 18.6. The molecular formula is C10H18O3. The van der Waals surface area contributed by atoms with Crippen molar-refractivity contribution >= 4 is 0 Å². The highest BCUT2D eigenvalue weighted by Gasteiger charge is 2.22. The van der Waals surface area contributed by atoms with Gasteiger partial charge in [-0.1, -0.05) is 19.4 Å². The summed E-state index contributed by atoms with van der Waals surface area (Å²) in [5.41, 5.74) is 0.823. The van der Waals surface area contributed by atoms with Gasteiger partial charge in [-0.3, -0.25) is 0 Å². The summed E-state index contributed by atoms with van der Waals surface area (Å²) in [6.45, 7) is 3.30. The SMILES string of the molecule is CCCCOCC1=C[C@H](O)C[C@@H]1O. The Morgan fingerprint density at radius 2 is 2.31 bits per heavy atom. The fraction of sp³-hybridized carbons (Fsp3) is 0.800. The minimum absolute atomic E-state index is 0.423. The number of aliphatic hydroxyl groups is 2. The summed E-state index contributed by atoms with van der Waals surface area (Å²) >= 11 is 0. The Balaban J connectivity index is 2.17. The van der Waals surface area contributed by atoms with E-state index in [1.54, 1.807) is 6.08 Å². The van der Waals surface area contributed by atoms with Gasteiger partial charge in [-0.2, -0.15) is 0 Å². The number of hydrogen-bond donors (Lipinski definition) is 2. The summed E-state index contributed by atoms with van der Waals surface area (Å²) < 4.78 is 5.34. The van der Waals surface area contributed by atoms with Gasteiger partial charge in [0.05, 0.1) is 18.8 Å². The van der Waals surface area contributed by atoms with E-state index in [0.29, 0.717) is 13.0 Å². The van der Waals surface area contributed by atoms with Crippen LogP contribution in [-0.2, 0) is 4.74 Å². The smallest absolute Gasteiger partial charge is 0.0801 e. The molecule has 1 aliphatic rings. The van der Waals surface area contributed by atoms with Gasteiger partial charge >= 0.3 is 0 Å². The molecule has 1 aliphatic carbocycles. The van der Waals surface area contributed by atoms with Gasteiger partial charge in [0.2, 0.25) is 0 Å². The number of ether oxygens (including phenoxy) is 1. The highest BCUT2D eigenvalue weighted by molar-refractivity contribution is 5.17. The molecule has 0 heterocycles. The maximum Gasteiger partial charge on any atom is 0.0801 e. The molecule has 0 saturated heterocycles. The van der Waals surface area contributed by atoms with Crippen LogP contribution in [0.1, 0.15) is 26.2 Å². The van der Waals surface area contributed by atoms with Gasteiger partial charge in [-0.15, -0.1) is 0 Å². The number of unbranched alkanes of at least 4 members (excludes halogenated alkanes) is 1. The van der Waals surface area contributed by atoms with Crippen molar-refractivity contribution in [1.82, 2.24) is 0 Å². The Morgan fingerprint density at radius 3 is 2.85 bits per heavy atom. The summed E-state index contributed by atoms with van der Waals surface area (Å²) in [7, 11) is 0. The van der Waals surface area contributed by atoms with E-state index in [1.165, 1.54) is 0 Å². The van der Waals surface area contributed by atoms with E-state index >= 15 is 0 Å². The van der Waals surface area contributed by atoms with Gasteiger partial charge in [0.25, 0.3) is 0 Å². The normalized spacial score (nSPS) is 27.8. The minimum atomic E-state index is -0.503. The van der Waals surface area contributed by atoms with Crippen LogP contribution in [0, 0.1) is 0 Å². The van der Waals surface area contributed by atoms with E-state index in [4.69, 9.17) is 4.74 Å². The van der Waals surface area contributed by atoms with Crippen molar-refractivity contribution in [1.29, 1.82) is 0 Å². The van der Waals surface area contributed by atoms with Crippen molar-refractivity contribution in [2.45, 2.75) is 38.4 Å². The molecular weight excluding hydrogens is 168 g/mol. The third-order valence-electron chi connectivity index (χ3n) is 2.21. The zero-order chi connectivity index (χ0) is 9.68. The van der Waals surface area contributed by atoms with Crippen molar-refractivity contribution < 1.29 is 14.9 Å². The molecule has 2 N–H and O–H groups in total. The van der Waals surface area contributed by atoms with Crippen LogP contribution in [0.25, 0.3) is 0 Å². The van der Waals surface area contributed by atoms with E-state index in [-0.39, 0.29) is 0 Å². The third-order valence-corrected chi connectivity index (χ3v) is 2.21. The summed E-state index contributed by atoms with van der Waals surface area (Å²) in [6, 6.07) is 0. The Labute approximate surface area is 79.0 Å². The van der Waals surface area contributed by atoms with E-state index in [0.717, 1.165) is 25.0 Å². The predicted molar refractivity (Wildman–Crippen MR) is 50.4 cm³/mol. The van der Waals surface area contributed by atoms with Gasteiger partial charge in [-0.25, -0.2) is 0 Å². The Bertz CT molecular complexity index is 177. The van der Waals surface area contributed by atoms with Gasteiger partial charge < -0.3 is 14.9 Å². The quantitative estimate of drug-likeness (QED) is 0.494. The first-order chi connectivity index (χ1) is 6.24. The topological polar surface area (TPSA) is 49.7 Å². The van der Waals surface area contributed by atoms with E-state index in [9.17, 15) is 10.2 Å². The second-order valence-electron chi connectivity index (χ2n) is 3.47. The molecule has 1 rings (SSSR count). The van der Waals surface area contributed by atoms with Crippen LogP contribution in [0.2, 0.25) is 0 Å². The maximum atomic E-state index is 9.41. The summed E-state index contributed by atoms with van der Waals surface area (Å²) in [4.78, 5) is 0. The molecule has 0 spiro atoms. The van der Waals surface area contributed by atoms with Crippen LogP contribution in [0.4, 0.5) is 0 Å². The fourth-order valence-electron chi connectivity index (χ4n) is 1.39. The highest BCUT2D eigenvalue weighted by atomic mass is 16.5. The van der Waals surface area contributed by atoms with Crippen LogP contribution in [0.5, 0.6) is 0 Å². The molecule has 0 unspecified atom stereocenters. The summed E-state index contributed by atoms with van der Waals surface area (Å²) in [5.74, 6) is 0. The molecule has 2 atom stereocenters. The second-order valence-corrected chi connectivity index (χ2v) is 3.47. The Hall–Kier alpha value is -0.380. The lowest BCUT2D eigenvalue weighted by molar-refractivity contribution is 0.115. The molecule has 0 aliphatic heterocycles. The standard InChI is InChI=1S/C10H18O3/c1-2-3-4-13-7-8-5-9(11)6-10(8)12/h5,9-12H,2-4,6-7H2,1H3/t9-,10-/m0/s1. The average Bonchev–Trinajstić information content (AvgIpc) is 2.39. The first-order valence-electron chi connectivity index (χ1n) is 4.88. The van der Waals surface area contributed by atoms with Crippen molar-refractivity contribution in [3.8, 4) is 0 Å². The lowest BCUT2D eigenvalue weighted by atomic mass is 10.2. The van der Waals surface area contributed by atoms with Gasteiger partial charge in [0, 0.05) is 13.0 Å². The van der Waals surface area contributed by atoms with Crippen LogP contribution in [0.15, 0.2) is 11.6 Å². The second kappa shape index (κ2) is 5.37. The lowest BCUT2D eigenvalue weighted by Crippen LogP contribution is -2.12. The van der Waals surface area contributed by atoms with Crippen molar-refractivity contribution in [2.75, 3.05) is 13.2 Å². The molecule has 0 aromatic heterocycles. The molecule has 0 amide bonds. The predicted octanol–water partition coefficient (Wildman–Crippen LogP) is 0.855. The number of aliphatic hydroxyl groups excluding tert-OH is 2. The molecule has 3 nitrogen and oxygen atoms in total.